The predicted molar refractivity (Wildman–Crippen MR) is 144 cm³/mol. The van der Waals surface area contributed by atoms with Crippen LogP contribution in [0, 0.1) is 0 Å². The molecule has 0 spiro atoms. The average molecular weight is 545 g/mol. The maximum atomic E-state index is 12.2. The summed E-state index contributed by atoms with van der Waals surface area (Å²) in [6, 6.07) is 7.27. The minimum atomic E-state index is -1.25. The Kier molecular flexibility index (Phi) is 9.31. The van der Waals surface area contributed by atoms with E-state index in [9.17, 15) is 30.3 Å². The molecule has 9 nitrogen and oxygen atoms in total. The maximum absolute atomic E-state index is 12.2. The highest BCUT2D eigenvalue weighted by atomic mass is 16.5. The minimum absolute atomic E-state index is 0.0189. The molecular weight excluding hydrogens is 504 g/mol. The number of aliphatic hydroxyl groups excluding tert-OH is 4. The molecule has 0 saturated carbocycles. The van der Waals surface area contributed by atoms with Crippen LogP contribution in [-0.4, -0.2) is 81.8 Å². The summed E-state index contributed by atoms with van der Waals surface area (Å²) in [5, 5.41) is 53.8. The maximum Gasteiger partial charge on any atom is 0.312 e. The molecule has 2 aliphatic heterocycles. The van der Waals surface area contributed by atoms with Crippen LogP contribution in [0.3, 0.4) is 0 Å². The topological polar surface area (TPSA) is 146 Å². The summed E-state index contributed by atoms with van der Waals surface area (Å²) >= 11 is 0. The van der Waals surface area contributed by atoms with E-state index in [-0.39, 0.29) is 30.3 Å². The van der Waals surface area contributed by atoms with Crippen LogP contribution in [0.15, 0.2) is 36.4 Å². The zero-order chi connectivity index (χ0) is 28.4. The van der Waals surface area contributed by atoms with Gasteiger partial charge in [0.1, 0.15) is 18.0 Å². The number of aromatic hydroxyl groups is 1. The fourth-order valence-electron chi connectivity index (χ4n) is 5.69. The molecular formula is C30H40O9. The van der Waals surface area contributed by atoms with E-state index in [2.05, 4.69) is 6.58 Å². The van der Waals surface area contributed by atoms with E-state index in [0.29, 0.717) is 35.8 Å². The molecule has 39 heavy (non-hydrogen) atoms. The van der Waals surface area contributed by atoms with E-state index in [1.165, 1.54) is 7.11 Å². The van der Waals surface area contributed by atoms with E-state index in [4.69, 9.17) is 14.2 Å². The summed E-state index contributed by atoms with van der Waals surface area (Å²) in [4.78, 5) is 12.2. The number of aliphatic hydroxyl groups is 4. The third-order valence-corrected chi connectivity index (χ3v) is 8.02. The highest BCUT2D eigenvalue weighted by Crippen LogP contribution is 2.43. The zero-order valence-corrected chi connectivity index (χ0v) is 22.7. The number of fused-ring (bicyclic) bond motifs is 1. The third kappa shape index (κ3) is 6.29. The molecule has 0 aromatic heterocycles. The molecule has 2 fully saturated rings. The highest BCUT2D eigenvalue weighted by molar-refractivity contribution is 5.91. The Balaban J connectivity index is 1.74. The number of carbonyl (C=O) groups excluding carboxylic acids is 1. The van der Waals surface area contributed by atoms with Crippen LogP contribution in [-0.2, 0) is 25.4 Å². The lowest BCUT2D eigenvalue weighted by Crippen LogP contribution is -2.47. The SMILES string of the molecule is C=C(Cc1cc2cc([C@H](C)C(=O)OC)ccc2c(C2CC(O)C(O)C(CO)O2)c1O)CC1O[C@@H](C)CCC1O. The standard InChI is InChI=1S/C30H40O9/c1-15(10-24-22(32)8-5-16(2)38-24)9-20-12-19-11-18(17(3)30(36)37-4)6-7-21(19)27(28(20)34)25-13-23(33)29(35)26(14-31)39-25/h6-7,11-12,16-17,22-26,29,31-35H,1,5,8-10,13-14H2,2-4H3/t16-,17-,22?,23?,24?,25?,26?,29?/m0/s1. The number of carbonyl (C=O) groups is 1. The summed E-state index contributed by atoms with van der Waals surface area (Å²) in [5.74, 6) is -0.912. The Morgan fingerprint density at radius 3 is 2.56 bits per heavy atom. The Bertz CT molecular complexity index is 1190. The summed E-state index contributed by atoms with van der Waals surface area (Å²) in [5.41, 5.74) is 2.49. The van der Waals surface area contributed by atoms with Gasteiger partial charge in [-0.05, 0) is 67.5 Å². The van der Waals surface area contributed by atoms with Crippen LogP contribution < -0.4 is 0 Å². The van der Waals surface area contributed by atoms with Gasteiger partial charge in [-0.1, -0.05) is 30.4 Å². The number of methoxy groups -OCH3 is 1. The van der Waals surface area contributed by atoms with Gasteiger partial charge >= 0.3 is 5.97 Å². The predicted octanol–water partition coefficient (Wildman–Crippen LogP) is 2.78. The number of esters is 1. The normalized spacial score (nSPS) is 30.2. The van der Waals surface area contributed by atoms with Crippen LogP contribution in [0.1, 0.15) is 68.2 Å². The second kappa shape index (κ2) is 12.3. The van der Waals surface area contributed by atoms with Gasteiger partial charge in [-0.2, -0.15) is 0 Å². The van der Waals surface area contributed by atoms with Gasteiger partial charge < -0.3 is 39.7 Å². The Hall–Kier alpha value is -2.53. The summed E-state index contributed by atoms with van der Waals surface area (Å²) in [6.45, 7) is 7.43. The molecule has 2 aromatic carbocycles. The van der Waals surface area contributed by atoms with Gasteiger partial charge in [0.05, 0.1) is 50.2 Å². The third-order valence-electron chi connectivity index (χ3n) is 8.02. The summed E-state index contributed by atoms with van der Waals surface area (Å²) in [7, 11) is 1.34. The molecule has 6 unspecified atom stereocenters. The van der Waals surface area contributed by atoms with E-state index in [1.54, 1.807) is 19.1 Å². The highest BCUT2D eigenvalue weighted by Gasteiger charge is 2.39. The van der Waals surface area contributed by atoms with Gasteiger partial charge in [0.2, 0.25) is 0 Å². The largest absolute Gasteiger partial charge is 0.507 e. The van der Waals surface area contributed by atoms with Crippen molar-refractivity contribution >= 4 is 16.7 Å². The second-order valence-corrected chi connectivity index (χ2v) is 10.9. The van der Waals surface area contributed by atoms with E-state index in [1.807, 2.05) is 19.1 Å². The molecule has 0 amide bonds. The number of ether oxygens (including phenoxy) is 3. The van der Waals surface area contributed by atoms with Gasteiger partial charge in [-0.3, -0.25) is 4.79 Å². The van der Waals surface area contributed by atoms with Crippen molar-refractivity contribution in [3.63, 3.8) is 0 Å². The van der Waals surface area contributed by atoms with Crippen molar-refractivity contribution in [2.45, 2.75) is 94.6 Å². The first-order valence-corrected chi connectivity index (χ1v) is 13.5. The number of rotatable bonds is 8. The van der Waals surface area contributed by atoms with Crippen molar-refractivity contribution in [3.05, 3.63) is 53.1 Å². The lowest BCUT2D eigenvalue weighted by molar-refractivity contribution is -0.181. The van der Waals surface area contributed by atoms with E-state index >= 15 is 0 Å². The zero-order valence-electron chi connectivity index (χ0n) is 22.7. The van der Waals surface area contributed by atoms with Crippen molar-refractivity contribution in [3.8, 4) is 5.75 Å². The molecule has 2 aliphatic rings. The average Bonchev–Trinajstić information content (AvgIpc) is 2.91. The molecule has 5 N–H and O–H groups in total. The van der Waals surface area contributed by atoms with E-state index in [0.717, 1.165) is 22.9 Å². The molecule has 0 radical (unpaired) electrons. The lowest BCUT2D eigenvalue weighted by Gasteiger charge is -2.37. The van der Waals surface area contributed by atoms with Crippen molar-refractivity contribution < 1.29 is 44.5 Å². The molecule has 2 aromatic rings. The van der Waals surface area contributed by atoms with Gasteiger partial charge in [-0.25, -0.2) is 0 Å². The number of hydrogen-bond donors (Lipinski definition) is 5. The number of hydrogen-bond acceptors (Lipinski definition) is 9. The number of phenolic OH excluding ortho intramolecular Hbond substituents is 1. The van der Waals surface area contributed by atoms with Crippen molar-refractivity contribution in [2.75, 3.05) is 13.7 Å². The molecule has 4 rings (SSSR count). The fraction of sp³-hybridized carbons (Fsp3) is 0.567. The molecule has 2 heterocycles. The van der Waals surface area contributed by atoms with Gasteiger partial charge in [0.15, 0.2) is 0 Å². The van der Waals surface area contributed by atoms with Crippen molar-refractivity contribution in [1.29, 1.82) is 0 Å². The first kappa shape index (κ1) is 29.5. The van der Waals surface area contributed by atoms with Crippen LogP contribution in [0.4, 0.5) is 0 Å². The monoisotopic (exact) mass is 544 g/mol. The van der Waals surface area contributed by atoms with Crippen molar-refractivity contribution in [2.24, 2.45) is 0 Å². The smallest absolute Gasteiger partial charge is 0.312 e. The second-order valence-electron chi connectivity index (χ2n) is 10.9. The summed E-state index contributed by atoms with van der Waals surface area (Å²) in [6.07, 6.45) is -2.94. The molecule has 0 bridgehead atoms. The first-order chi connectivity index (χ1) is 18.5. The van der Waals surface area contributed by atoms with E-state index < -0.39 is 43.0 Å². The Morgan fingerprint density at radius 2 is 1.87 bits per heavy atom. The quantitative estimate of drug-likeness (QED) is 0.250. The van der Waals surface area contributed by atoms with Crippen LogP contribution in [0.25, 0.3) is 10.8 Å². The van der Waals surface area contributed by atoms with Gasteiger partial charge in [0, 0.05) is 12.0 Å². The van der Waals surface area contributed by atoms with Gasteiger partial charge in [-0.15, -0.1) is 0 Å². The van der Waals surface area contributed by atoms with Crippen LogP contribution in [0.5, 0.6) is 5.75 Å². The molecule has 2 saturated heterocycles. The van der Waals surface area contributed by atoms with Crippen LogP contribution in [0.2, 0.25) is 0 Å². The van der Waals surface area contributed by atoms with Crippen LogP contribution >= 0.6 is 0 Å². The molecule has 9 heteroatoms. The molecule has 0 aliphatic carbocycles. The first-order valence-electron chi connectivity index (χ1n) is 13.5. The van der Waals surface area contributed by atoms with Gasteiger partial charge in [0.25, 0.3) is 0 Å². The fourth-order valence-corrected chi connectivity index (χ4v) is 5.69. The lowest BCUT2D eigenvalue weighted by atomic mass is 9.86. The number of phenols is 1. The Morgan fingerprint density at radius 1 is 1.13 bits per heavy atom. The minimum Gasteiger partial charge on any atom is -0.507 e. The Labute approximate surface area is 228 Å². The molecule has 8 atom stereocenters. The summed E-state index contributed by atoms with van der Waals surface area (Å²) < 4.78 is 16.8. The number of benzene rings is 2. The molecule has 214 valence electrons. The van der Waals surface area contributed by atoms with Crippen molar-refractivity contribution in [1.82, 2.24) is 0 Å².